The number of terminal acetylenes is 2. The molecule has 1 aromatic carbocycles. The van der Waals surface area contributed by atoms with Crippen molar-refractivity contribution in [3.8, 4) is 24.7 Å². The van der Waals surface area contributed by atoms with Gasteiger partial charge in [-0.25, -0.2) is 4.39 Å². The minimum Gasteiger partial charge on any atom is -0.381 e. The standard InChI is InChI=1S/C20H16Br2ClFN2/c1-3-6-15(23)8-5-12-25-19(17(21)7-4-2)11-13-26-20-14-16(24)9-10-18(20)22/h1-2,5-11,14,25-26H,12-13H2/b8-5-,15-6+,17-7+,19-11+. The maximum absolute atomic E-state index is 13.3. The van der Waals surface area contributed by atoms with Gasteiger partial charge < -0.3 is 10.6 Å². The lowest BCUT2D eigenvalue weighted by Gasteiger charge is -2.10. The second-order valence-electron chi connectivity index (χ2n) is 4.76. The van der Waals surface area contributed by atoms with Gasteiger partial charge in [0.05, 0.1) is 5.69 Å². The molecule has 0 aliphatic carbocycles. The first-order valence-electron chi connectivity index (χ1n) is 7.41. The van der Waals surface area contributed by atoms with Gasteiger partial charge in [0, 0.05) is 44.9 Å². The van der Waals surface area contributed by atoms with Crippen LogP contribution < -0.4 is 10.6 Å². The van der Waals surface area contributed by atoms with E-state index in [1.54, 1.807) is 18.2 Å². The number of rotatable bonds is 8. The van der Waals surface area contributed by atoms with Gasteiger partial charge in [-0.05, 0) is 62.2 Å². The summed E-state index contributed by atoms with van der Waals surface area (Å²) in [4.78, 5) is 0. The molecule has 0 radical (unpaired) electrons. The molecule has 0 heterocycles. The zero-order chi connectivity index (χ0) is 19.4. The van der Waals surface area contributed by atoms with Crippen molar-refractivity contribution < 1.29 is 4.39 Å². The van der Waals surface area contributed by atoms with Crippen molar-refractivity contribution in [3.63, 3.8) is 0 Å². The Morgan fingerprint density at radius 2 is 1.96 bits per heavy atom. The molecule has 2 nitrogen and oxygen atoms in total. The summed E-state index contributed by atoms with van der Waals surface area (Å²) in [7, 11) is 0. The van der Waals surface area contributed by atoms with Crippen LogP contribution in [0, 0.1) is 30.5 Å². The molecular weight excluding hydrogens is 482 g/mol. The van der Waals surface area contributed by atoms with E-state index in [9.17, 15) is 4.39 Å². The van der Waals surface area contributed by atoms with E-state index in [-0.39, 0.29) is 5.82 Å². The first kappa shape index (κ1) is 22.1. The number of benzene rings is 1. The molecule has 1 aromatic rings. The molecule has 0 saturated carbocycles. The van der Waals surface area contributed by atoms with Crippen LogP contribution in [0.3, 0.4) is 0 Å². The van der Waals surface area contributed by atoms with Crippen molar-refractivity contribution in [1.82, 2.24) is 5.32 Å². The molecule has 0 spiro atoms. The molecule has 0 fully saturated rings. The molecule has 0 amide bonds. The third-order valence-corrected chi connectivity index (χ3v) is 4.49. The average molecular weight is 499 g/mol. The van der Waals surface area contributed by atoms with Gasteiger partial charge in [0.2, 0.25) is 0 Å². The van der Waals surface area contributed by atoms with E-state index >= 15 is 0 Å². The van der Waals surface area contributed by atoms with E-state index in [2.05, 4.69) is 54.3 Å². The van der Waals surface area contributed by atoms with Gasteiger partial charge in [-0.1, -0.05) is 29.5 Å². The van der Waals surface area contributed by atoms with Gasteiger partial charge in [0.15, 0.2) is 0 Å². The highest BCUT2D eigenvalue weighted by atomic mass is 79.9. The zero-order valence-electron chi connectivity index (χ0n) is 13.7. The largest absolute Gasteiger partial charge is 0.381 e. The van der Waals surface area contributed by atoms with Gasteiger partial charge in [-0.15, -0.1) is 12.8 Å². The lowest BCUT2D eigenvalue weighted by Crippen LogP contribution is -2.15. The molecule has 0 aliphatic rings. The first-order chi connectivity index (χ1) is 12.5. The van der Waals surface area contributed by atoms with Crippen molar-refractivity contribution in [2.45, 2.75) is 0 Å². The molecule has 6 heteroatoms. The number of anilines is 1. The number of halogens is 4. The van der Waals surface area contributed by atoms with Crippen molar-refractivity contribution in [2.75, 3.05) is 18.4 Å². The maximum Gasteiger partial charge on any atom is 0.125 e. The quantitative estimate of drug-likeness (QED) is 0.355. The fraction of sp³-hybridized carbons (Fsp3) is 0.100. The smallest absolute Gasteiger partial charge is 0.125 e. The Bertz CT molecular complexity index is 827. The normalized spacial score (nSPS) is 12.6. The summed E-state index contributed by atoms with van der Waals surface area (Å²) in [5.74, 6) is 4.50. The Morgan fingerprint density at radius 3 is 2.65 bits per heavy atom. The van der Waals surface area contributed by atoms with E-state index in [4.69, 9.17) is 24.4 Å². The molecule has 134 valence electrons. The summed E-state index contributed by atoms with van der Waals surface area (Å²) >= 11 is 12.7. The number of hydrogen-bond donors (Lipinski definition) is 2. The van der Waals surface area contributed by atoms with Crippen LogP contribution >= 0.6 is 43.5 Å². The Balaban J connectivity index is 2.77. The fourth-order valence-electron chi connectivity index (χ4n) is 1.77. The van der Waals surface area contributed by atoms with Crippen LogP contribution in [0.25, 0.3) is 0 Å². The van der Waals surface area contributed by atoms with Crippen LogP contribution in [0.4, 0.5) is 10.1 Å². The van der Waals surface area contributed by atoms with Gasteiger partial charge in [-0.3, -0.25) is 0 Å². The number of nitrogens with one attached hydrogen (secondary N) is 2. The van der Waals surface area contributed by atoms with Crippen molar-refractivity contribution in [2.24, 2.45) is 0 Å². The third kappa shape index (κ3) is 8.45. The summed E-state index contributed by atoms with van der Waals surface area (Å²) in [6.07, 6.45) is 18.9. The second-order valence-corrected chi connectivity index (χ2v) is 6.91. The predicted octanol–water partition coefficient (Wildman–Crippen LogP) is 5.70. The first-order valence-corrected chi connectivity index (χ1v) is 9.37. The lowest BCUT2D eigenvalue weighted by molar-refractivity contribution is 0.628. The van der Waals surface area contributed by atoms with Crippen LogP contribution in [0.1, 0.15) is 0 Å². The van der Waals surface area contributed by atoms with Crippen molar-refractivity contribution in [3.05, 3.63) is 74.1 Å². The Hall–Kier alpha value is -1.92. The lowest BCUT2D eigenvalue weighted by atomic mass is 10.3. The minimum atomic E-state index is -0.312. The van der Waals surface area contributed by atoms with E-state index < -0.39 is 0 Å². The summed E-state index contributed by atoms with van der Waals surface area (Å²) in [6.45, 7) is 0.969. The van der Waals surface area contributed by atoms with Crippen molar-refractivity contribution in [1.29, 1.82) is 0 Å². The summed E-state index contributed by atoms with van der Waals surface area (Å²) in [5, 5.41) is 6.82. The topological polar surface area (TPSA) is 24.1 Å². The minimum absolute atomic E-state index is 0.312. The van der Waals surface area contributed by atoms with Gasteiger partial charge >= 0.3 is 0 Å². The molecule has 0 unspecified atom stereocenters. The maximum atomic E-state index is 13.3. The van der Waals surface area contributed by atoms with E-state index in [1.165, 1.54) is 18.2 Å². The van der Waals surface area contributed by atoms with Crippen LogP contribution in [-0.2, 0) is 0 Å². The molecular formula is C20H16Br2ClFN2. The highest BCUT2D eigenvalue weighted by molar-refractivity contribution is 9.12. The highest BCUT2D eigenvalue weighted by Gasteiger charge is 2.02. The Kier molecular flexibility index (Phi) is 10.6. The van der Waals surface area contributed by atoms with E-state index in [0.29, 0.717) is 23.8 Å². The zero-order valence-corrected chi connectivity index (χ0v) is 17.6. The van der Waals surface area contributed by atoms with E-state index in [1.807, 2.05) is 12.2 Å². The number of hydrogen-bond acceptors (Lipinski definition) is 2. The number of allylic oxidation sites excluding steroid dienone is 5. The highest BCUT2D eigenvalue weighted by Crippen LogP contribution is 2.23. The Labute approximate surface area is 175 Å². The summed E-state index contributed by atoms with van der Waals surface area (Å²) < 4.78 is 14.8. The molecule has 0 atom stereocenters. The van der Waals surface area contributed by atoms with Crippen molar-refractivity contribution >= 4 is 49.1 Å². The molecule has 0 bridgehead atoms. The van der Waals surface area contributed by atoms with Gasteiger partial charge in [0.25, 0.3) is 0 Å². The molecule has 26 heavy (non-hydrogen) atoms. The second kappa shape index (κ2) is 12.4. The SMILES string of the molecule is C#C/C=C(Cl)\C=C/CNC(=C/CNc1cc(F)ccc1Br)/C(Br)=C\C#C. The molecule has 0 aliphatic heterocycles. The summed E-state index contributed by atoms with van der Waals surface area (Å²) in [5.41, 5.74) is 1.44. The van der Waals surface area contributed by atoms with E-state index in [0.717, 1.165) is 14.7 Å². The molecule has 2 N–H and O–H groups in total. The molecule has 1 rings (SSSR count). The van der Waals surface area contributed by atoms with Crippen LogP contribution in [0.5, 0.6) is 0 Å². The molecule has 0 aromatic heterocycles. The predicted molar refractivity (Wildman–Crippen MR) is 116 cm³/mol. The average Bonchev–Trinajstić information content (AvgIpc) is 2.60. The molecule has 0 saturated heterocycles. The third-order valence-electron chi connectivity index (χ3n) is 2.90. The van der Waals surface area contributed by atoms with Crippen LogP contribution in [0.15, 0.2) is 68.3 Å². The summed E-state index contributed by atoms with van der Waals surface area (Å²) in [6, 6.07) is 4.45. The Morgan fingerprint density at radius 1 is 1.23 bits per heavy atom. The van der Waals surface area contributed by atoms with Gasteiger partial charge in [-0.2, -0.15) is 0 Å². The van der Waals surface area contributed by atoms with Crippen LogP contribution in [-0.4, -0.2) is 13.1 Å². The van der Waals surface area contributed by atoms with Crippen LogP contribution in [0.2, 0.25) is 0 Å². The fourth-order valence-corrected chi connectivity index (χ4v) is 2.74. The monoisotopic (exact) mass is 496 g/mol. The van der Waals surface area contributed by atoms with Gasteiger partial charge in [0.1, 0.15) is 5.82 Å².